The summed E-state index contributed by atoms with van der Waals surface area (Å²) in [5.41, 5.74) is 0.396. The van der Waals surface area contributed by atoms with Crippen LogP contribution in [0.1, 0.15) is 24.5 Å². The van der Waals surface area contributed by atoms with Crippen LogP contribution in [0.4, 0.5) is 13.2 Å². The van der Waals surface area contributed by atoms with Gasteiger partial charge in [-0.05, 0) is 30.5 Å². The van der Waals surface area contributed by atoms with Gasteiger partial charge < -0.3 is 14.6 Å². The molecule has 0 bridgehead atoms. The van der Waals surface area contributed by atoms with Crippen LogP contribution in [0, 0.1) is 0 Å². The van der Waals surface area contributed by atoms with Crippen molar-refractivity contribution in [1.29, 1.82) is 0 Å². The molecule has 0 heterocycles. The van der Waals surface area contributed by atoms with Crippen molar-refractivity contribution in [3.05, 3.63) is 29.8 Å². The number of ether oxygens (including phenoxy) is 2. The van der Waals surface area contributed by atoms with E-state index >= 15 is 0 Å². The summed E-state index contributed by atoms with van der Waals surface area (Å²) < 4.78 is 44.7. The monoisotopic (exact) mass is 264 g/mol. The van der Waals surface area contributed by atoms with Gasteiger partial charge in [-0.1, -0.05) is 12.1 Å². The zero-order valence-corrected chi connectivity index (χ0v) is 9.91. The molecule has 0 amide bonds. The van der Waals surface area contributed by atoms with E-state index in [1.807, 2.05) is 0 Å². The minimum Gasteiger partial charge on any atom is -0.406 e. The SMILES string of the molecule is COCCCC(O)c1cccc(OC(F)(F)F)c1. The number of rotatable bonds is 6. The van der Waals surface area contributed by atoms with Crippen molar-refractivity contribution in [1.82, 2.24) is 0 Å². The van der Waals surface area contributed by atoms with Crippen LogP contribution in [0.15, 0.2) is 24.3 Å². The summed E-state index contributed by atoms with van der Waals surface area (Å²) in [6, 6.07) is 5.35. The van der Waals surface area contributed by atoms with Gasteiger partial charge in [-0.25, -0.2) is 0 Å². The minimum atomic E-state index is -4.72. The van der Waals surface area contributed by atoms with Gasteiger partial charge >= 0.3 is 6.36 Å². The Balaban J connectivity index is 2.63. The van der Waals surface area contributed by atoms with E-state index in [-0.39, 0.29) is 5.75 Å². The van der Waals surface area contributed by atoms with Gasteiger partial charge in [0.1, 0.15) is 5.75 Å². The molecular formula is C12H15F3O3. The molecule has 1 N–H and O–H groups in total. The molecule has 0 saturated heterocycles. The molecule has 0 aromatic heterocycles. The second-order valence-electron chi connectivity index (χ2n) is 3.77. The molecule has 6 heteroatoms. The molecule has 0 saturated carbocycles. The lowest BCUT2D eigenvalue weighted by Crippen LogP contribution is -2.17. The molecule has 1 rings (SSSR count). The number of hydrogen-bond acceptors (Lipinski definition) is 3. The molecule has 0 fully saturated rings. The van der Waals surface area contributed by atoms with E-state index in [4.69, 9.17) is 4.74 Å². The average Bonchev–Trinajstić information content (AvgIpc) is 2.27. The number of halogens is 3. The molecule has 0 spiro atoms. The molecule has 1 aromatic carbocycles. The van der Waals surface area contributed by atoms with Crippen LogP contribution in [0.3, 0.4) is 0 Å². The van der Waals surface area contributed by atoms with Gasteiger partial charge in [-0.15, -0.1) is 13.2 Å². The fraction of sp³-hybridized carbons (Fsp3) is 0.500. The highest BCUT2D eigenvalue weighted by molar-refractivity contribution is 5.30. The standard InChI is InChI=1S/C12H15F3O3/c1-17-7-3-6-11(16)9-4-2-5-10(8-9)18-12(13,14)15/h2,4-5,8,11,16H,3,6-7H2,1H3. The Morgan fingerprint density at radius 2 is 2.06 bits per heavy atom. The lowest BCUT2D eigenvalue weighted by atomic mass is 10.1. The number of alkyl halides is 3. The van der Waals surface area contributed by atoms with Crippen LogP contribution in [-0.4, -0.2) is 25.2 Å². The smallest absolute Gasteiger partial charge is 0.406 e. The lowest BCUT2D eigenvalue weighted by molar-refractivity contribution is -0.274. The zero-order valence-electron chi connectivity index (χ0n) is 9.91. The third-order valence-corrected chi connectivity index (χ3v) is 2.30. The number of hydrogen-bond donors (Lipinski definition) is 1. The lowest BCUT2D eigenvalue weighted by Gasteiger charge is -2.13. The van der Waals surface area contributed by atoms with Crippen molar-refractivity contribution in [3.8, 4) is 5.75 Å². The Labute approximate surface area is 103 Å². The Hall–Kier alpha value is -1.27. The molecular weight excluding hydrogens is 249 g/mol. The molecule has 3 nitrogen and oxygen atoms in total. The third-order valence-electron chi connectivity index (χ3n) is 2.30. The van der Waals surface area contributed by atoms with Gasteiger partial charge in [0.25, 0.3) is 0 Å². The Bertz CT molecular complexity index is 366. The van der Waals surface area contributed by atoms with Crippen molar-refractivity contribution in [3.63, 3.8) is 0 Å². The number of aliphatic hydroxyl groups excluding tert-OH is 1. The highest BCUT2D eigenvalue weighted by atomic mass is 19.4. The first-order valence-electron chi connectivity index (χ1n) is 5.45. The van der Waals surface area contributed by atoms with Crippen molar-refractivity contribution in [2.45, 2.75) is 25.3 Å². The van der Waals surface area contributed by atoms with E-state index < -0.39 is 12.5 Å². The molecule has 0 aliphatic carbocycles. The predicted octanol–water partition coefficient (Wildman–Crippen LogP) is 3.05. The van der Waals surface area contributed by atoms with E-state index in [9.17, 15) is 18.3 Å². The molecule has 1 unspecified atom stereocenters. The first-order valence-corrected chi connectivity index (χ1v) is 5.45. The maximum Gasteiger partial charge on any atom is 0.573 e. The van der Waals surface area contributed by atoms with Crippen molar-refractivity contribution in [2.24, 2.45) is 0 Å². The summed E-state index contributed by atoms with van der Waals surface area (Å²) in [6.45, 7) is 0.496. The quantitative estimate of drug-likeness (QED) is 0.802. The maximum atomic E-state index is 12.0. The molecule has 18 heavy (non-hydrogen) atoms. The van der Waals surface area contributed by atoms with Crippen molar-refractivity contribution in [2.75, 3.05) is 13.7 Å². The fourth-order valence-electron chi connectivity index (χ4n) is 1.51. The van der Waals surface area contributed by atoms with E-state index in [1.165, 1.54) is 18.2 Å². The van der Waals surface area contributed by atoms with E-state index in [0.29, 0.717) is 25.0 Å². The largest absolute Gasteiger partial charge is 0.573 e. The van der Waals surface area contributed by atoms with E-state index in [1.54, 1.807) is 13.2 Å². The maximum absolute atomic E-state index is 12.0. The van der Waals surface area contributed by atoms with Crippen molar-refractivity contribution >= 4 is 0 Å². The molecule has 0 aliphatic rings. The second-order valence-corrected chi connectivity index (χ2v) is 3.77. The molecule has 0 aliphatic heterocycles. The zero-order chi connectivity index (χ0) is 13.6. The number of methoxy groups -OCH3 is 1. The summed E-state index contributed by atoms with van der Waals surface area (Å²) >= 11 is 0. The van der Waals surface area contributed by atoms with Crippen LogP contribution < -0.4 is 4.74 Å². The predicted molar refractivity (Wildman–Crippen MR) is 59.2 cm³/mol. The van der Waals surface area contributed by atoms with Gasteiger partial charge in [-0.2, -0.15) is 0 Å². The first kappa shape index (κ1) is 14.8. The van der Waals surface area contributed by atoms with Crippen molar-refractivity contribution < 1.29 is 27.8 Å². The average molecular weight is 264 g/mol. The Morgan fingerprint density at radius 3 is 2.67 bits per heavy atom. The topological polar surface area (TPSA) is 38.7 Å². The first-order chi connectivity index (χ1) is 8.42. The van der Waals surface area contributed by atoms with Gasteiger partial charge in [0.15, 0.2) is 0 Å². The molecule has 0 radical (unpaired) electrons. The summed E-state index contributed by atoms with van der Waals surface area (Å²) in [7, 11) is 1.55. The Morgan fingerprint density at radius 1 is 1.33 bits per heavy atom. The van der Waals surface area contributed by atoms with Gasteiger partial charge in [-0.3, -0.25) is 0 Å². The fourth-order valence-corrected chi connectivity index (χ4v) is 1.51. The van der Waals surface area contributed by atoms with Crippen LogP contribution in [0.25, 0.3) is 0 Å². The van der Waals surface area contributed by atoms with Crippen LogP contribution in [0.5, 0.6) is 5.75 Å². The van der Waals surface area contributed by atoms with Gasteiger partial charge in [0, 0.05) is 13.7 Å². The number of benzene rings is 1. The summed E-state index contributed by atoms with van der Waals surface area (Å²) in [5, 5.41) is 9.78. The van der Waals surface area contributed by atoms with Crippen LogP contribution in [-0.2, 0) is 4.74 Å². The Kier molecular flexibility index (Phi) is 5.43. The number of aliphatic hydroxyl groups is 1. The second kappa shape index (κ2) is 6.61. The molecule has 102 valence electrons. The molecule has 1 aromatic rings. The van der Waals surface area contributed by atoms with Crippen LogP contribution in [0.2, 0.25) is 0 Å². The summed E-state index contributed by atoms with van der Waals surface area (Å²) in [5.74, 6) is -0.328. The van der Waals surface area contributed by atoms with Gasteiger partial charge in [0.05, 0.1) is 6.10 Å². The van der Waals surface area contributed by atoms with E-state index in [2.05, 4.69) is 4.74 Å². The third kappa shape index (κ3) is 5.37. The highest BCUT2D eigenvalue weighted by Gasteiger charge is 2.31. The van der Waals surface area contributed by atoms with Crippen LogP contribution >= 0.6 is 0 Å². The summed E-state index contributed by atoms with van der Waals surface area (Å²) in [4.78, 5) is 0. The van der Waals surface area contributed by atoms with Gasteiger partial charge in [0.2, 0.25) is 0 Å². The van der Waals surface area contributed by atoms with E-state index in [0.717, 1.165) is 0 Å². The summed E-state index contributed by atoms with van der Waals surface area (Å²) in [6.07, 6.45) is -4.50. The minimum absolute atomic E-state index is 0.328. The normalized spacial score (nSPS) is 13.4. The highest BCUT2D eigenvalue weighted by Crippen LogP contribution is 2.26. The molecule has 1 atom stereocenters.